The number of aliphatic hydroxyl groups excluding tert-OH is 1. The van der Waals surface area contributed by atoms with Crippen molar-refractivity contribution in [3.63, 3.8) is 0 Å². The van der Waals surface area contributed by atoms with E-state index in [4.69, 9.17) is 4.74 Å². The number of fused-ring (bicyclic) bond motifs is 1. The molecule has 0 saturated heterocycles. The summed E-state index contributed by atoms with van der Waals surface area (Å²) in [4.78, 5) is 12.4. The van der Waals surface area contributed by atoms with Gasteiger partial charge >= 0.3 is 0 Å². The van der Waals surface area contributed by atoms with Gasteiger partial charge in [-0.3, -0.25) is 4.79 Å². The van der Waals surface area contributed by atoms with Crippen molar-refractivity contribution >= 4 is 5.78 Å². The minimum atomic E-state index is -1.12. The minimum absolute atomic E-state index is 0.300. The zero-order chi connectivity index (χ0) is 15.5. The number of benzene rings is 2. The fourth-order valence-corrected chi connectivity index (χ4v) is 2.80. The highest BCUT2D eigenvalue weighted by atomic mass is 16.5. The maximum Gasteiger partial charge on any atom is 0.210 e. The lowest BCUT2D eigenvalue weighted by Crippen LogP contribution is -2.30. The van der Waals surface area contributed by atoms with Crippen LogP contribution in [-0.4, -0.2) is 10.9 Å². The van der Waals surface area contributed by atoms with Crippen LogP contribution in [0.5, 0.6) is 5.75 Å². The molecule has 2 aromatic carbocycles. The molecule has 114 valence electrons. The maximum absolute atomic E-state index is 12.4. The Kier molecular flexibility index (Phi) is 4.25. The molecule has 0 amide bonds. The van der Waals surface area contributed by atoms with Gasteiger partial charge in [-0.15, -0.1) is 0 Å². The Morgan fingerprint density at radius 3 is 2.64 bits per heavy atom. The molecule has 1 heterocycles. The zero-order valence-electron chi connectivity index (χ0n) is 12.7. The summed E-state index contributed by atoms with van der Waals surface area (Å²) < 4.78 is 5.85. The van der Waals surface area contributed by atoms with Gasteiger partial charge in [0, 0.05) is 5.56 Å². The van der Waals surface area contributed by atoms with Crippen molar-refractivity contribution in [2.24, 2.45) is 0 Å². The van der Waals surface area contributed by atoms with Gasteiger partial charge in [0.25, 0.3) is 0 Å². The molecule has 22 heavy (non-hydrogen) atoms. The van der Waals surface area contributed by atoms with Gasteiger partial charge < -0.3 is 9.84 Å². The monoisotopic (exact) mass is 296 g/mol. The fourth-order valence-electron chi connectivity index (χ4n) is 2.80. The Labute approximate surface area is 130 Å². The van der Waals surface area contributed by atoms with E-state index in [0.29, 0.717) is 11.3 Å². The van der Waals surface area contributed by atoms with Crippen LogP contribution >= 0.6 is 0 Å². The summed E-state index contributed by atoms with van der Waals surface area (Å²) in [6.45, 7) is 2.14. The van der Waals surface area contributed by atoms with Crippen LogP contribution in [0.2, 0.25) is 0 Å². The van der Waals surface area contributed by atoms with Gasteiger partial charge in [0.15, 0.2) is 6.10 Å². The number of rotatable bonds is 4. The van der Waals surface area contributed by atoms with Crippen LogP contribution in [0.1, 0.15) is 48.7 Å². The third-order valence-corrected chi connectivity index (χ3v) is 4.06. The van der Waals surface area contributed by atoms with Crippen LogP contribution in [0.3, 0.4) is 0 Å². The van der Waals surface area contributed by atoms with Crippen molar-refractivity contribution in [2.45, 2.75) is 38.4 Å². The third-order valence-electron chi connectivity index (χ3n) is 4.06. The van der Waals surface area contributed by atoms with E-state index in [2.05, 4.69) is 6.92 Å². The molecule has 3 heteroatoms. The summed E-state index contributed by atoms with van der Waals surface area (Å²) in [5.74, 6) is 0.299. The maximum atomic E-state index is 12.4. The standard InChI is InChI=1S/C19H20O3/c1-2-3-7-13-10-11-16-15(12-13)17(20)18(21)19(22-16)14-8-5-4-6-9-14/h4-6,8-12,17,19-20H,2-3,7H2,1H3. The first kappa shape index (κ1) is 14.8. The number of carbonyl (C=O) groups excluding carboxylic acids is 1. The molecule has 3 nitrogen and oxygen atoms in total. The normalized spacial score (nSPS) is 20.4. The number of carbonyl (C=O) groups is 1. The quantitative estimate of drug-likeness (QED) is 0.934. The number of hydrogen-bond donors (Lipinski definition) is 1. The van der Waals surface area contributed by atoms with Crippen LogP contribution in [0, 0.1) is 0 Å². The van der Waals surface area contributed by atoms with E-state index in [9.17, 15) is 9.90 Å². The number of ketones is 1. The Morgan fingerprint density at radius 2 is 1.91 bits per heavy atom. The first-order valence-corrected chi connectivity index (χ1v) is 7.77. The number of Topliss-reactive ketones (excluding diaryl/α,β-unsaturated/α-hetero) is 1. The molecule has 2 unspecified atom stereocenters. The molecule has 0 fully saturated rings. The van der Waals surface area contributed by atoms with Gasteiger partial charge in [-0.25, -0.2) is 0 Å². The van der Waals surface area contributed by atoms with E-state index in [0.717, 1.165) is 30.4 Å². The molecule has 2 aromatic rings. The minimum Gasteiger partial charge on any atom is -0.477 e. The van der Waals surface area contributed by atoms with Crippen molar-refractivity contribution in [3.05, 3.63) is 65.2 Å². The average Bonchev–Trinajstić information content (AvgIpc) is 2.57. The van der Waals surface area contributed by atoms with E-state index in [1.165, 1.54) is 0 Å². The SMILES string of the molecule is CCCCc1ccc2c(c1)C(O)C(=O)C(c1ccccc1)O2. The molecular weight excluding hydrogens is 276 g/mol. The number of ether oxygens (including phenoxy) is 1. The molecule has 1 N–H and O–H groups in total. The molecule has 1 aliphatic rings. The molecule has 0 aromatic heterocycles. The predicted octanol–water partition coefficient (Wildman–Crippen LogP) is 3.77. The van der Waals surface area contributed by atoms with Gasteiger partial charge in [0.1, 0.15) is 11.9 Å². The van der Waals surface area contributed by atoms with Crippen LogP contribution < -0.4 is 4.74 Å². The van der Waals surface area contributed by atoms with E-state index >= 15 is 0 Å². The van der Waals surface area contributed by atoms with Crippen molar-refractivity contribution in [3.8, 4) is 5.75 Å². The number of hydrogen-bond acceptors (Lipinski definition) is 3. The van der Waals surface area contributed by atoms with Gasteiger partial charge in [-0.1, -0.05) is 49.7 Å². The first-order chi connectivity index (χ1) is 10.7. The van der Waals surface area contributed by atoms with Gasteiger partial charge in [-0.2, -0.15) is 0 Å². The van der Waals surface area contributed by atoms with Gasteiger partial charge in [0.05, 0.1) is 0 Å². The third kappa shape index (κ3) is 2.77. The molecular formula is C19H20O3. The fraction of sp³-hybridized carbons (Fsp3) is 0.316. The van der Waals surface area contributed by atoms with E-state index in [1.807, 2.05) is 48.5 Å². The lowest BCUT2D eigenvalue weighted by molar-refractivity contribution is -0.137. The second kappa shape index (κ2) is 6.32. The Balaban J connectivity index is 1.91. The molecule has 0 bridgehead atoms. The van der Waals surface area contributed by atoms with Crippen molar-refractivity contribution in [2.75, 3.05) is 0 Å². The summed E-state index contributed by atoms with van der Waals surface area (Å²) in [6.07, 6.45) is 1.31. The van der Waals surface area contributed by atoms with Crippen LogP contribution in [-0.2, 0) is 11.2 Å². The highest BCUT2D eigenvalue weighted by Crippen LogP contribution is 2.39. The Hall–Kier alpha value is -2.13. The molecule has 0 aliphatic carbocycles. The Morgan fingerprint density at radius 1 is 1.14 bits per heavy atom. The van der Waals surface area contributed by atoms with Crippen LogP contribution in [0.15, 0.2) is 48.5 Å². The average molecular weight is 296 g/mol. The van der Waals surface area contributed by atoms with Crippen LogP contribution in [0.25, 0.3) is 0 Å². The number of unbranched alkanes of at least 4 members (excludes halogenated alkanes) is 1. The Bertz CT molecular complexity index is 664. The zero-order valence-corrected chi connectivity index (χ0v) is 12.7. The largest absolute Gasteiger partial charge is 0.477 e. The van der Waals surface area contributed by atoms with E-state index < -0.39 is 12.2 Å². The number of aliphatic hydroxyl groups is 1. The van der Waals surface area contributed by atoms with Crippen LogP contribution in [0.4, 0.5) is 0 Å². The molecule has 3 rings (SSSR count). The van der Waals surface area contributed by atoms with Crippen molar-refractivity contribution < 1.29 is 14.6 Å². The molecule has 0 saturated carbocycles. The second-order valence-corrected chi connectivity index (χ2v) is 5.69. The second-order valence-electron chi connectivity index (χ2n) is 5.69. The molecule has 0 radical (unpaired) electrons. The van der Waals surface area contributed by atoms with Crippen molar-refractivity contribution in [1.82, 2.24) is 0 Å². The summed E-state index contributed by atoms with van der Waals surface area (Å²) in [7, 11) is 0. The first-order valence-electron chi connectivity index (χ1n) is 7.77. The topological polar surface area (TPSA) is 46.5 Å². The highest BCUT2D eigenvalue weighted by Gasteiger charge is 2.36. The molecule has 2 atom stereocenters. The lowest BCUT2D eigenvalue weighted by atomic mass is 9.92. The lowest BCUT2D eigenvalue weighted by Gasteiger charge is -2.29. The van der Waals surface area contributed by atoms with Gasteiger partial charge in [-0.05, 0) is 36.1 Å². The molecule has 0 spiro atoms. The van der Waals surface area contributed by atoms with Gasteiger partial charge in [0.2, 0.25) is 5.78 Å². The summed E-state index contributed by atoms with van der Waals surface area (Å²) in [6, 6.07) is 15.1. The smallest absolute Gasteiger partial charge is 0.210 e. The summed E-state index contributed by atoms with van der Waals surface area (Å²) in [5.41, 5.74) is 2.49. The molecule has 1 aliphatic heterocycles. The summed E-state index contributed by atoms with van der Waals surface area (Å²) >= 11 is 0. The highest BCUT2D eigenvalue weighted by molar-refractivity contribution is 5.91. The summed E-state index contributed by atoms with van der Waals surface area (Å²) in [5, 5.41) is 10.4. The van der Waals surface area contributed by atoms with E-state index in [-0.39, 0.29) is 5.78 Å². The van der Waals surface area contributed by atoms with E-state index in [1.54, 1.807) is 0 Å². The number of aryl methyl sites for hydroxylation is 1. The van der Waals surface area contributed by atoms with Crippen molar-refractivity contribution in [1.29, 1.82) is 0 Å². The predicted molar refractivity (Wildman–Crippen MR) is 84.8 cm³/mol.